The summed E-state index contributed by atoms with van der Waals surface area (Å²) in [5.41, 5.74) is 1.83. The zero-order valence-electron chi connectivity index (χ0n) is 15.9. The molecule has 3 aliphatic rings. The number of rotatable bonds is 3. The Bertz CT molecular complexity index is 760. The van der Waals surface area contributed by atoms with Crippen LogP contribution in [-0.4, -0.2) is 47.2 Å². The van der Waals surface area contributed by atoms with Crippen molar-refractivity contribution in [3.63, 3.8) is 0 Å². The first-order chi connectivity index (χ1) is 13.1. The lowest BCUT2D eigenvalue weighted by molar-refractivity contribution is -0.115. The number of carbonyl (C=O) groups is 2. The summed E-state index contributed by atoms with van der Waals surface area (Å²) >= 11 is 0. The minimum absolute atomic E-state index is 0.0704. The number of aryl methyl sites for hydroxylation is 1. The Balaban J connectivity index is 1.32. The van der Waals surface area contributed by atoms with Gasteiger partial charge in [-0.3, -0.25) is 9.59 Å². The topological polar surface area (TPSA) is 71.0 Å². The SMILES string of the molecule is Cc1ccccc1C(=O)N1CCC2(CC1)CC(C(=O)NC1CCCC1)=NO2. The van der Waals surface area contributed by atoms with Crippen LogP contribution in [-0.2, 0) is 9.63 Å². The molecule has 27 heavy (non-hydrogen) atoms. The average molecular weight is 369 g/mol. The third kappa shape index (κ3) is 3.70. The molecule has 1 aromatic carbocycles. The Labute approximate surface area is 159 Å². The van der Waals surface area contributed by atoms with Gasteiger partial charge in [0.2, 0.25) is 0 Å². The quantitative estimate of drug-likeness (QED) is 0.891. The molecule has 0 aromatic heterocycles. The van der Waals surface area contributed by atoms with Gasteiger partial charge in [-0.05, 0) is 31.4 Å². The molecule has 1 aromatic rings. The number of hydrogen-bond acceptors (Lipinski definition) is 4. The van der Waals surface area contributed by atoms with Crippen LogP contribution in [0.2, 0.25) is 0 Å². The van der Waals surface area contributed by atoms with Gasteiger partial charge in [0.05, 0.1) is 0 Å². The summed E-state index contributed by atoms with van der Waals surface area (Å²) in [6.07, 6.45) is 6.42. The zero-order chi connectivity index (χ0) is 18.9. The molecule has 1 saturated carbocycles. The van der Waals surface area contributed by atoms with Gasteiger partial charge in [-0.1, -0.05) is 36.2 Å². The summed E-state index contributed by atoms with van der Waals surface area (Å²) in [5.74, 6) is -0.0155. The monoisotopic (exact) mass is 369 g/mol. The second-order valence-corrected chi connectivity index (χ2v) is 8.05. The first-order valence-electron chi connectivity index (χ1n) is 9.97. The van der Waals surface area contributed by atoms with Crippen molar-refractivity contribution in [3.05, 3.63) is 35.4 Å². The van der Waals surface area contributed by atoms with Crippen molar-refractivity contribution in [2.75, 3.05) is 13.1 Å². The summed E-state index contributed by atoms with van der Waals surface area (Å²) in [6.45, 7) is 3.21. The van der Waals surface area contributed by atoms with Gasteiger partial charge in [-0.25, -0.2) is 0 Å². The Morgan fingerprint density at radius 2 is 1.89 bits per heavy atom. The van der Waals surface area contributed by atoms with E-state index in [4.69, 9.17) is 4.84 Å². The van der Waals surface area contributed by atoms with Gasteiger partial charge >= 0.3 is 0 Å². The number of benzene rings is 1. The summed E-state index contributed by atoms with van der Waals surface area (Å²) in [7, 11) is 0. The van der Waals surface area contributed by atoms with E-state index in [1.165, 1.54) is 12.8 Å². The van der Waals surface area contributed by atoms with Gasteiger partial charge in [0.25, 0.3) is 11.8 Å². The minimum Gasteiger partial charge on any atom is -0.388 e. The number of nitrogens with zero attached hydrogens (tertiary/aromatic N) is 2. The molecule has 1 spiro atoms. The maximum atomic E-state index is 12.8. The van der Waals surface area contributed by atoms with Gasteiger partial charge in [0.15, 0.2) is 0 Å². The fourth-order valence-corrected chi connectivity index (χ4v) is 4.35. The van der Waals surface area contributed by atoms with E-state index in [0.717, 1.165) is 24.0 Å². The number of piperidine rings is 1. The van der Waals surface area contributed by atoms with Gasteiger partial charge in [0.1, 0.15) is 11.3 Å². The standard InChI is InChI=1S/C21H27N3O3/c1-15-6-2-5-9-17(15)20(26)24-12-10-21(11-13-24)14-18(23-27-21)19(25)22-16-7-3-4-8-16/h2,5-6,9,16H,3-4,7-8,10-14H2,1H3,(H,22,25). The highest BCUT2D eigenvalue weighted by molar-refractivity contribution is 6.39. The van der Waals surface area contributed by atoms with E-state index in [1.807, 2.05) is 36.1 Å². The number of amides is 2. The summed E-state index contributed by atoms with van der Waals surface area (Å²) in [5, 5.41) is 7.18. The summed E-state index contributed by atoms with van der Waals surface area (Å²) < 4.78 is 0. The highest BCUT2D eigenvalue weighted by atomic mass is 16.7. The average Bonchev–Trinajstić information content (AvgIpc) is 3.33. The molecule has 2 fully saturated rings. The molecule has 4 rings (SSSR count). The molecular formula is C21H27N3O3. The predicted octanol–water partition coefficient (Wildman–Crippen LogP) is 2.80. The molecule has 0 unspecified atom stereocenters. The van der Waals surface area contributed by atoms with Crippen LogP contribution in [0.1, 0.15) is 60.9 Å². The normalized spacial score (nSPS) is 21.8. The third-order valence-electron chi connectivity index (χ3n) is 6.13. The summed E-state index contributed by atoms with van der Waals surface area (Å²) in [4.78, 5) is 32.8. The Kier molecular flexibility index (Phi) is 4.89. The van der Waals surface area contributed by atoms with Crippen LogP contribution in [0.15, 0.2) is 29.4 Å². The lowest BCUT2D eigenvalue weighted by Gasteiger charge is -2.37. The molecule has 0 atom stereocenters. The lowest BCUT2D eigenvalue weighted by Crippen LogP contribution is -2.47. The largest absolute Gasteiger partial charge is 0.388 e. The lowest BCUT2D eigenvalue weighted by atomic mass is 9.86. The number of oxime groups is 1. The molecule has 1 aliphatic carbocycles. The maximum absolute atomic E-state index is 12.8. The van der Waals surface area contributed by atoms with Gasteiger partial charge in [0, 0.05) is 44.0 Å². The van der Waals surface area contributed by atoms with E-state index in [1.54, 1.807) is 0 Å². The first kappa shape index (κ1) is 18.0. The number of carbonyl (C=O) groups excluding carboxylic acids is 2. The summed E-state index contributed by atoms with van der Waals surface area (Å²) in [6, 6.07) is 7.96. The van der Waals surface area contributed by atoms with E-state index < -0.39 is 5.60 Å². The Morgan fingerprint density at radius 1 is 1.19 bits per heavy atom. The van der Waals surface area contributed by atoms with E-state index in [-0.39, 0.29) is 17.9 Å². The van der Waals surface area contributed by atoms with Crippen molar-refractivity contribution < 1.29 is 14.4 Å². The van der Waals surface area contributed by atoms with Crippen LogP contribution in [0.3, 0.4) is 0 Å². The second kappa shape index (κ2) is 7.33. The highest BCUT2D eigenvalue weighted by Crippen LogP contribution is 2.35. The second-order valence-electron chi connectivity index (χ2n) is 8.05. The highest BCUT2D eigenvalue weighted by Gasteiger charge is 2.44. The Hall–Kier alpha value is -2.37. The molecule has 2 heterocycles. The molecule has 2 amide bonds. The molecule has 1 saturated heterocycles. The van der Waals surface area contributed by atoms with Crippen LogP contribution in [0.4, 0.5) is 0 Å². The molecule has 0 bridgehead atoms. The Morgan fingerprint density at radius 3 is 2.59 bits per heavy atom. The number of nitrogens with one attached hydrogen (secondary N) is 1. The van der Waals surface area contributed by atoms with Crippen molar-refractivity contribution in [1.82, 2.24) is 10.2 Å². The molecule has 0 radical (unpaired) electrons. The van der Waals surface area contributed by atoms with Crippen LogP contribution in [0.25, 0.3) is 0 Å². The van der Waals surface area contributed by atoms with Gasteiger partial charge < -0.3 is 15.1 Å². The zero-order valence-corrected chi connectivity index (χ0v) is 15.9. The maximum Gasteiger partial charge on any atom is 0.269 e. The van der Waals surface area contributed by atoms with Crippen molar-refractivity contribution in [1.29, 1.82) is 0 Å². The van der Waals surface area contributed by atoms with Crippen molar-refractivity contribution in [2.24, 2.45) is 5.16 Å². The fraction of sp³-hybridized carbons (Fsp3) is 0.571. The van der Waals surface area contributed by atoms with Crippen molar-refractivity contribution in [2.45, 2.75) is 63.5 Å². The molecule has 144 valence electrons. The molecule has 1 N–H and O–H groups in total. The number of hydrogen-bond donors (Lipinski definition) is 1. The van der Waals surface area contributed by atoms with Gasteiger partial charge in [-0.2, -0.15) is 0 Å². The van der Waals surface area contributed by atoms with Crippen LogP contribution >= 0.6 is 0 Å². The van der Waals surface area contributed by atoms with Crippen LogP contribution in [0, 0.1) is 6.92 Å². The van der Waals surface area contributed by atoms with E-state index in [9.17, 15) is 9.59 Å². The smallest absolute Gasteiger partial charge is 0.269 e. The van der Waals surface area contributed by atoms with E-state index >= 15 is 0 Å². The molecule has 6 heteroatoms. The van der Waals surface area contributed by atoms with Crippen molar-refractivity contribution >= 4 is 17.5 Å². The van der Waals surface area contributed by atoms with Crippen LogP contribution in [0.5, 0.6) is 0 Å². The number of likely N-dealkylation sites (tertiary alicyclic amines) is 1. The van der Waals surface area contributed by atoms with E-state index in [2.05, 4.69) is 10.5 Å². The molecule has 6 nitrogen and oxygen atoms in total. The third-order valence-corrected chi connectivity index (χ3v) is 6.13. The van der Waals surface area contributed by atoms with Crippen LogP contribution < -0.4 is 5.32 Å². The first-order valence-corrected chi connectivity index (χ1v) is 9.97. The predicted molar refractivity (Wildman–Crippen MR) is 103 cm³/mol. The molecule has 2 aliphatic heterocycles. The van der Waals surface area contributed by atoms with Gasteiger partial charge in [-0.15, -0.1) is 0 Å². The minimum atomic E-state index is -0.426. The van der Waals surface area contributed by atoms with Crippen molar-refractivity contribution in [3.8, 4) is 0 Å². The fourth-order valence-electron chi connectivity index (χ4n) is 4.35. The molecular weight excluding hydrogens is 342 g/mol. The van der Waals surface area contributed by atoms with E-state index in [0.29, 0.717) is 38.1 Å².